The molecule has 0 bridgehead atoms. The number of rotatable bonds is 4. The molecule has 20 heavy (non-hydrogen) atoms. The van der Waals surface area contributed by atoms with Gasteiger partial charge in [0, 0.05) is 27.9 Å². The summed E-state index contributed by atoms with van der Waals surface area (Å²) in [5.74, 6) is 1.82. The van der Waals surface area contributed by atoms with E-state index in [0.29, 0.717) is 6.61 Å². The quantitative estimate of drug-likeness (QED) is 0.739. The van der Waals surface area contributed by atoms with E-state index in [4.69, 9.17) is 21.1 Å². The van der Waals surface area contributed by atoms with E-state index in [1.807, 2.05) is 36.4 Å². The molecule has 0 N–H and O–H groups in total. The number of halogens is 2. The van der Waals surface area contributed by atoms with Crippen LogP contribution in [0.2, 0.25) is 5.02 Å². The number of fused-ring (bicyclic) bond motifs is 1. The van der Waals surface area contributed by atoms with Crippen LogP contribution >= 0.6 is 27.5 Å². The normalized spacial score (nSPS) is 12.9. The van der Waals surface area contributed by atoms with Crippen LogP contribution in [0, 0.1) is 0 Å². The average Bonchev–Trinajstić information content (AvgIpc) is 2.93. The van der Waals surface area contributed by atoms with Gasteiger partial charge < -0.3 is 9.47 Å². The Morgan fingerprint density at radius 3 is 2.90 bits per heavy atom. The number of alkyl halides is 1. The zero-order valence-electron chi connectivity index (χ0n) is 10.9. The van der Waals surface area contributed by atoms with Gasteiger partial charge in [0.1, 0.15) is 18.1 Å². The summed E-state index contributed by atoms with van der Waals surface area (Å²) in [4.78, 5) is 0. The molecule has 1 aliphatic rings. The Morgan fingerprint density at radius 2 is 2.05 bits per heavy atom. The van der Waals surface area contributed by atoms with E-state index in [1.165, 1.54) is 5.56 Å². The maximum Gasteiger partial charge on any atom is 0.129 e. The van der Waals surface area contributed by atoms with Crippen LogP contribution < -0.4 is 9.47 Å². The molecule has 2 aromatic carbocycles. The van der Waals surface area contributed by atoms with Crippen molar-refractivity contribution >= 4 is 27.5 Å². The van der Waals surface area contributed by atoms with Gasteiger partial charge in [-0.05, 0) is 23.8 Å². The Morgan fingerprint density at radius 1 is 1.20 bits per heavy atom. The molecule has 0 amide bonds. The number of para-hydroxylation sites is 1. The van der Waals surface area contributed by atoms with E-state index in [2.05, 4.69) is 15.9 Å². The SMILES string of the molecule is Clc1cc2c(c(COc3ccccc3CBr)c1)OCC2. The summed E-state index contributed by atoms with van der Waals surface area (Å²) in [7, 11) is 0. The van der Waals surface area contributed by atoms with Gasteiger partial charge in [-0.25, -0.2) is 0 Å². The van der Waals surface area contributed by atoms with Crippen LogP contribution in [0.1, 0.15) is 16.7 Å². The van der Waals surface area contributed by atoms with E-state index in [-0.39, 0.29) is 0 Å². The minimum Gasteiger partial charge on any atom is -0.493 e. The van der Waals surface area contributed by atoms with Crippen LogP contribution in [0.15, 0.2) is 36.4 Å². The highest BCUT2D eigenvalue weighted by Gasteiger charge is 2.18. The molecule has 0 spiro atoms. The highest BCUT2D eigenvalue weighted by Crippen LogP contribution is 2.34. The molecular weight excluding hydrogens is 340 g/mol. The van der Waals surface area contributed by atoms with Crippen molar-refractivity contribution in [3.63, 3.8) is 0 Å². The van der Waals surface area contributed by atoms with Crippen molar-refractivity contribution in [3.8, 4) is 11.5 Å². The number of hydrogen-bond donors (Lipinski definition) is 0. The van der Waals surface area contributed by atoms with Crippen molar-refractivity contribution in [3.05, 3.63) is 58.1 Å². The Balaban J connectivity index is 1.82. The van der Waals surface area contributed by atoms with Crippen LogP contribution in [0.3, 0.4) is 0 Å². The summed E-state index contributed by atoms with van der Waals surface area (Å²) >= 11 is 9.62. The lowest BCUT2D eigenvalue weighted by Gasteiger charge is -2.12. The molecule has 0 saturated carbocycles. The molecule has 0 atom stereocenters. The predicted molar refractivity (Wildman–Crippen MR) is 84.1 cm³/mol. The van der Waals surface area contributed by atoms with E-state index >= 15 is 0 Å². The highest BCUT2D eigenvalue weighted by atomic mass is 79.9. The maximum atomic E-state index is 6.15. The van der Waals surface area contributed by atoms with Crippen LogP contribution in [-0.2, 0) is 18.4 Å². The van der Waals surface area contributed by atoms with Crippen LogP contribution in [0.25, 0.3) is 0 Å². The van der Waals surface area contributed by atoms with E-state index in [1.54, 1.807) is 0 Å². The molecule has 0 aliphatic carbocycles. The Labute approximate surface area is 131 Å². The van der Waals surface area contributed by atoms with Gasteiger partial charge in [0.15, 0.2) is 0 Å². The first-order chi connectivity index (χ1) is 9.78. The third-order valence-electron chi connectivity index (χ3n) is 3.33. The first kappa shape index (κ1) is 13.8. The Bertz CT molecular complexity index is 628. The molecule has 1 heterocycles. The zero-order valence-corrected chi connectivity index (χ0v) is 13.2. The molecule has 0 fully saturated rings. The molecule has 1 aliphatic heterocycles. The van der Waals surface area contributed by atoms with Crippen molar-refractivity contribution in [2.24, 2.45) is 0 Å². The fourth-order valence-electron chi connectivity index (χ4n) is 2.36. The summed E-state index contributed by atoms with van der Waals surface area (Å²) in [5.41, 5.74) is 3.31. The van der Waals surface area contributed by atoms with Crippen LogP contribution in [0.5, 0.6) is 11.5 Å². The van der Waals surface area contributed by atoms with E-state index in [0.717, 1.165) is 46.0 Å². The zero-order chi connectivity index (χ0) is 13.9. The van der Waals surface area contributed by atoms with Gasteiger partial charge in [0.05, 0.1) is 6.61 Å². The van der Waals surface area contributed by atoms with Crippen molar-refractivity contribution in [1.29, 1.82) is 0 Å². The molecule has 2 nitrogen and oxygen atoms in total. The number of ether oxygens (including phenoxy) is 2. The molecule has 0 radical (unpaired) electrons. The van der Waals surface area contributed by atoms with Crippen molar-refractivity contribution in [2.45, 2.75) is 18.4 Å². The van der Waals surface area contributed by atoms with Gasteiger partial charge in [-0.3, -0.25) is 0 Å². The summed E-state index contributed by atoms with van der Waals surface area (Å²) < 4.78 is 11.6. The fourth-order valence-corrected chi connectivity index (χ4v) is 3.09. The third-order valence-corrected chi connectivity index (χ3v) is 4.15. The number of hydrogen-bond acceptors (Lipinski definition) is 2. The average molecular weight is 354 g/mol. The molecule has 0 saturated heterocycles. The fraction of sp³-hybridized carbons (Fsp3) is 0.250. The molecule has 4 heteroatoms. The van der Waals surface area contributed by atoms with Gasteiger partial charge >= 0.3 is 0 Å². The van der Waals surface area contributed by atoms with Gasteiger partial charge in [-0.15, -0.1) is 0 Å². The topological polar surface area (TPSA) is 18.5 Å². The second-order valence-electron chi connectivity index (χ2n) is 4.68. The first-order valence-electron chi connectivity index (χ1n) is 6.48. The van der Waals surface area contributed by atoms with E-state index < -0.39 is 0 Å². The summed E-state index contributed by atoms with van der Waals surface area (Å²) in [6.45, 7) is 1.19. The van der Waals surface area contributed by atoms with Crippen LogP contribution in [-0.4, -0.2) is 6.61 Å². The number of benzene rings is 2. The Hall–Kier alpha value is -1.19. The third kappa shape index (κ3) is 2.79. The second kappa shape index (κ2) is 6.06. The maximum absolute atomic E-state index is 6.15. The lowest BCUT2D eigenvalue weighted by molar-refractivity contribution is 0.290. The molecule has 104 valence electrons. The highest BCUT2D eigenvalue weighted by molar-refractivity contribution is 9.08. The minimum atomic E-state index is 0.465. The van der Waals surface area contributed by atoms with Gasteiger partial charge in [-0.1, -0.05) is 45.7 Å². The van der Waals surface area contributed by atoms with Gasteiger partial charge in [-0.2, -0.15) is 0 Å². The summed E-state index contributed by atoms with van der Waals surface area (Å²) in [6.07, 6.45) is 0.918. The summed E-state index contributed by atoms with van der Waals surface area (Å²) in [6, 6.07) is 11.9. The van der Waals surface area contributed by atoms with Gasteiger partial charge in [0.2, 0.25) is 0 Å². The minimum absolute atomic E-state index is 0.465. The lowest BCUT2D eigenvalue weighted by Crippen LogP contribution is -2.00. The molecule has 0 aromatic heterocycles. The molecule has 3 rings (SSSR count). The molecule has 0 unspecified atom stereocenters. The largest absolute Gasteiger partial charge is 0.493 e. The molecular formula is C16H14BrClO2. The van der Waals surface area contributed by atoms with Crippen molar-refractivity contribution in [1.82, 2.24) is 0 Å². The van der Waals surface area contributed by atoms with Crippen molar-refractivity contribution in [2.75, 3.05) is 6.61 Å². The van der Waals surface area contributed by atoms with E-state index in [9.17, 15) is 0 Å². The van der Waals surface area contributed by atoms with Gasteiger partial charge in [0.25, 0.3) is 0 Å². The summed E-state index contributed by atoms with van der Waals surface area (Å²) in [5, 5.41) is 1.51. The smallest absolute Gasteiger partial charge is 0.129 e. The first-order valence-corrected chi connectivity index (χ1v) is 7.98. The molecule has 2 aromatic rings. The lowest BCUT2D eigenvalue weighted by atomic mass is 10.1. The monoisotopic (exact) mass is 352 g/mol. The van der Waals surface area contributed by atoms with Crippen molar-refractivity contribution < 1.29 is 9.47 Å². The van der Waals surface area contributed by atoms with Crippen LogP contribution in [0.4, 0.5) is 0 Å². The predicted octanol–water partition coefficient (Wildman–Crippen LogP) is 4.75. The Kier molecular flexibility index (Phi) is 4.18. The second-order valence-corrected chi connectivity index (χ2v) is 5.68. The standard InChI is InChI=1S/C16H14BrClO2/c17-9-12-3-1-2-4-15(12)20-10-13-8-14(18)7-11-5-6-19-16(11)13/h1-4,7-8H,5-6,9-10H2.